The van der Waals surface area contributed by atoms with Gasteiger partial charge in [-0.05, 0) is 243 Å². The molecule has 0 aliphatic rings. The molecule has 0 bridgehead atoms. The van der Waals surface area contributed by atoms with Crippen LogP contribution in [0.1, 0.15) is 106 Å². The lowest BCUT2D eigenvalue weighted by atomic mass is 9.94. The first-order chi connectivity index (χ1) is 57.6. The highest BCUT2D eigenvalue weighted by molar-refractivity contribution is 5.90. The van der Waals surface area contributed by atoms with Crippen LogP contribution in [0.3, 0.4) is 0 Å². The van der Waals surface area contributed by atoms with Crippen molar-refractivity contribution in [3.63, 3.8) is 0 Å². The van der Waals surface area contributed by atoms with Crippen LogP contribution in [0.2, 0.25) is 0 Å². The molecule has 4 nitrogen and oxygen atoms in total. The average Bonchev–Trinajstić information content (AvgIpc) is 0.807. The predicted molar refractivity (Wildman–Crippen MR) is 503 cm³/mol. The van der Waals surface area contributed by atoms with Gasteiger partial charge in [-0.3, -0.25) is 0 Å². The highest BCUT2D eigenvalue weighted by Crippen LogP contribution is 2.42. The highest BCUT2D eigenvalue weighted by atomic mass is 15.1. The summed E-state index contributed by atoms with van der Waals surface area (Å²) in [5, 5.41) is 0. The molecule has 0 aliphatic carbocycles. The quantitative estimate of drug-likeness (QED) is 0.0598. The van der Waals surface area contributed by atoms with Crippen molar-refractivity contribution in [3.05, 3.63) is 525 Å². The minimum Gasteiger partial charge on any atom is -0.317 e. The lowest BCUT2D eigenvalue weighted by Crippen LogP contribution is -2.12. The summed E-state index contributed by atoms with van der Waals surface area (Å²) < 4.78 is 0. The minimum atomic E-state index is 0.739. The summed E-state index contributed by atoms with van der Waals surface area (Å²) in [5.41, 5.74) is 40.3. The van der Waals surface area contributed by atoms with E-state index in [2.05, 4.69) is 501 Å². The molecule has 4 heteroatoms. The van der Waals surface area contributed by atoms with E-state index in [0.29, 0.717) is 0 Å². The van der Waals surface area contributed by atoms with Crippen LogP contribution in [-0.2, 0) is 6.42 Å². The maximum atomic E-state index is 2.38. The molecule has 0 saturated heterocycles. The third kappa shape index (κ3) is 18.2. The molecule has 0 fully saturated rings. The molecule has 574 valence electrons. The molecule has 0 aromatic heterocycles. The van der Waals surface area contributed by atoms with Gasteiger partial charge in [0, 0.05) is 92.6 Å². The SMILES string of the molecule is Cc1ccc(C(=CN(c2ccc(C)cc2)c2ccc(-c3ccc(N(C=C(c4ccc(C)cc4)c4ccc(C)cc4)c4ccc(Cc5cccc(C(=CN(c6ccc(-c7ccc(N(C=C(c8ccccc8)c8ccccc8)c8ccc(C)cc8C)cc7)cc6)c6ccc(C)cc6C)c6ccccc6)c5)cc4)cc3)cc2)c2ccc(C)cc2)cc1. The van der Waals surface area contributed by atoms with Gasteiger partial charge in [0.25, 0.3) is 0 Å². The number of benzene rings is 16. The molecule has 0 saturated carbocycles. The predicted octanol–water partition coefficient (Wildman–Crippen LogP) is 30.3. The number of nitrogens with zero attached hydrogens (tertiary/aromatic N) is 4. The van der Waals surface area contributed by atoms with E-state index in [1.807, 2.05) is 0 Å². The Hall–Kier alpha value is -14.3. The van der Waals surface area contributed by atoms with Crippen molar-refractivity contribution in [2.45, 2.75) is 68.7 Å². The molecule has 0 unspecified atom stereocenters. The van der Waals surface area contributed by atoms with E-state index in [1.165, 1.54) is 61.2 Å². The van der Waals surface area contributed by atoms with Gasteiger partial charge in [0.1, 0.15) is 0 Å². The summed E-state index contributed by atoms with van der Waals surface area (Å²) in [6.07, 6.45) is 10.0. The van der Waals surface area contributed by atoms with Crippen LogP contribution in [0.15, 0.2) is 419 Å². The van der Waals surface area contributed by atoms with E-state index in [9.17, 15) is 0 Å². The van der Waals surface area contributed by atoms with Gasteiger partial charge in [-0.2, -0.15) is 0 Å². The Morgan fingerprint density at radius 3 is 0.729 bits per heavy atom. The molecule has 0 amide bonds. The first-order valence-corrected chi connectivity index (χ1v) is 40.9. The summed E-state index contributed by atoms with van der Waals surface area (Å²) in [5.74, 6) is 0. The largest absolute Gasteiger partial charge is 0.317 e. The van der Waals surface area contributed by atoms with Crippen LogP contribution < -0.4 is 19.6 Å². The summed E-state index contributed by atoms with van der Waals surface area (Å²) in [6.45, 7) is 19.5. The number of hydrogen-bond donors (Lipinski definition) is 0. The second-order valence-electron chi connectivity index (χ2n) is 31.4. The monoisotopic (exact) mass is 1520 g/mol. The smallest absolute Gasteiger partial charge is 0.0485 e. The Morgan fingerprint density at radius 1 is 0.186 bits per heavy atom. The number of anilines is 8. The third-order valence-corrected chi connectivity index (χ3v) is 22.4. The Labute approximate surface area is 698 Å². The van der Waals surface area contributed by atoms with E-state index in [0.717, 1.165) is 141 Å². The molecule has 16 aromatic carbocycles. The Morgan fingerprint density at radius 2 is 0.424 bits per heavy atom. The van der Waals surface area contributed by atoms with Gasteiger partial charge in [0.2, 0.25) is 0 Å². The van der Waals surface area contributed by atoms with Gasteiger partial charge in [0.15, 0.2) is 0 Å². The Balaban J connectivity index is 0.707. The average molecular weight is 1520 g/mol. The van der Waals surface area contributed by atoms with Crippen molar-refractivity contribution >= 4 is 67.8 Å². The molecular formula is C114H98N4. The van der Waals surface area contributed by atoms with Crippen LogP contribution >= 0.6 is 0 Å². The van der Waals surface area contributed by atoms with Crippen molar-refractivity contribution < 1.29 is 0 Å². The molecule has 0 spiro atoms. The molecule has 0 heterocycles. The first-order valence-electron chi connectivity index (χ1n) is 40.9. The third-order valence-electron chi connectivity index (χ3n) is 22.4. The molecular weight excluding hydrogens is 1430 g/mol. The van der Waals surface area contributed by atoms with Crippen LogP contribution in [0.25, 0.3) is 44.5 Å². The first kappa shape index (κ1) is 77.6. The number of hydrogen-bond acceptors (Lipinski definition) is 4. The topological polar surface area (TPSA) is 13.0 Å². The fraction of sp³-hybridized carbons (Fsp3) is 0.0877. The van der Waals surface area contributed by atoms with Crippen LogP contribution in [-0.4, -0.2) is 0 Å². The van der Waals surface area contributed by atoms with E-state index in [4.69, 9.17) is 0 Å². The normalized spacial score (nSPS) is 11.2. The van der Waals surface area contributed by atoms with Crippen molar-refractivity contribution in [3.8, 4) is 22.3 Å². The zero-order chi connectivity index (χ0) is 81.0. The highest BCUT2D eigenvalue weighted by Gasteiger charge is 2.21. The fourth-order valence-electron chi connectivity index (χ4n) is 15.7. The second kappa shape index (κ2) is 35.6. The van der Waals surface area contributed by atoms with Crippen molar-refractivity contribution in [2.24, 2.45) is 0 Å². The van der Waals surface area contributed by atoms with E-state index in [-0.39, 0.29) is 0 Å². The molecule has 0 radical (unpaired) electrons. The number of aryl methyl sites for hydroxylation is 9. The summed E-state index contributed by atoms with van der Waals surface area (Å²) in [6, 6.07) is 145. The maximum Gasteiger partial charge on any atom is 0.0485 e. The van der Waals surface area contributed by atoms with Gasteiger partial charge in [-0.25, -0.2) is 0 Å². The van der Waals surface area contributed by atoms with Crippen molar-refractivity contribution in [1.29, 1.82) is 0 Å². The van der Waals surface area contributed by atoms with Crippen molar-refractivity contribution in [2.75, 3.05) is 19.6 Å². The van der Waals surface area contributed by atoms with Gasteiger partial charge >= 0.3 is 0 Å². The van der Waals surface area contributed by atoms with Gasteiger partial charge in [-0.15, -0.1) is 0 Å². The fourth-order valence-corrected chi connectivity index (χ4v) is 15.7. The zero-order valence-corrected chi connectivity index (χ0v) is 68.8. The second-order valence-corrected chi connectivity index (χ2v) is 31.4. The van der Waals surface area contributed by atoms with Crippen LogP contribution in [0.5, 0.6) is 0 Å². The Bertz CT molecular complexity index is 6110. The zero-order valence-electron chi connectivity index (χ0n) is 68.8. The minimum absolute atomic E-state index is 0.739. The van der Waals surface area contributed by atoms with E-state index < -0.39 is 0 Å². The van der Waals surface area contributed by atoms with Crippen molar-refractivity contribution in [1.82, 2.24) is 0 Å². The molecule has 16 rings (SSSR count). The molecule has 0 atom stereocenters. The van der Waals surface area contributed by atoms with E-state index in [1.54, 1.807) is 0 Å². The van der Waals surface area contributed by atoms with Crippen LogP contribution in [0, 0.1) is 62.3 Å². The lowest BCUT2D eigenvalue weighted by molar-refractivity contribution is 1.18. The molecule has 0 aliphatic heterocycles. The molecule has 16 aromatic rings. The molecule has 0 N–H and O–H groups in total. The van der Waals surface area contributed by atoms with Gasteiger partial charge in [0.05, 0.1) is 0 Å². The summed E-state index contributed by atoms with van der Waals surface area (Å²) >= 11 is 0. The lowest BCUT2D eigenvalue weighted by Gasteiger charge is -2.26. The number of rotatable bonds is 24. The van der Waals surface area contributed by atoms with E-state index >= 15 is 0 Å². The maximum absolute atomic E-state index is 2.38. The Kier molecular flexibility index (Phi) is 23.4. The van der Waals surface area contributed by atoms with Gasteiger partial charge < -0.3 is 19.6 Å². The standard InChI is InChI=1S/C114H98N4/c1-80-28-42-98(43-29-80)109(99-44-30-81(2)31-45-99)76-115(103-58-36-84(5)37-59-103)105-62-50-91(51-63-105)92-52-64-106(65-53-92)116(77-110(100-46-32-82(3)33-47-100)101-48-34-83(4)35-49-101)104-60-40-89(41-61-104)74-90-20-19-27-102(75-90)112(97-25-17-12-18-26-97)79-118(114-71-39-86(7)73-88(114)9)108-68-56-94(57-69-108)93-54-66-107(67-55-93)117(113-70-38-85(6)72-87(113)8)78-111(95-21-13-10-14-22-95)96-23-15-11-16-24-96/h10-73,75-79H,74H2,1-9H3. The summed E-state index contributed by atoms with van der Waals surface area (Å²) in [4.78, 5) is 9.41. The van der Waals surface area contributed by atoms with Gasteiger partial charge in [-0.1, -0.05) is 348 Å². The molecule has 118 heavy (non-hydrogen) atoms. The summed E-state index contributed by atoms with van der Waals surface area (Å²) in [7, 11) is 0. The van der Waals surface area contributed by atoms with Crippen LogP contribution in [0.4, 0.5) is 45.5 Å².